The van der Waals surface area contributed by atoms with E-state index in [0.717, 1.165) is 36.3 Å². The molecule has 206 valence electrons. The number of fused-ring (bicyclic) bond motifs is 1. The van der Waals surface area contributed by atoms with Gasteiger partial charge in [0.1, 0.15) is 17.5 Å². The van der Waals surface area contributed by atoms with E-state index in [1.54, 1.807) is 34.9 Å². The average molecular weight is 578 g/mol. The van der Waals surface area contributed by atoms with Gasteiger partial charge in [-0.15, -0.1) is 0 Å². The van der Waals surface area contributed by atoms with Crippen molar-refractivity contribution in [2.75, 3.05) is 31.1 Å². The third-order valence-corrected chi connectivity index (χ3v) is 7.56. The molecule has 0 N–H and O–H groups in total. The molecule has 0 saturated heterocycles. The van der Waals surface area contributed by atoms with Crippen LogP contribution in [0.5, 0.6) is 0 Å². The van der Waals surface area contributed by atoms with Crippen LogP contribution in [0.1, 0.15) is 34.8 Å². The third kappa shape index (κ3) is 6.55. The Morgan fingerprint density at radius 2 is 1.65 bits per heavy atom. The topological polar surface area (TPSA) is 69.9 Å². The van der Waals surface area contributed by atoms with Crippen LogP contribution in [0.25, 0.3) is 11.3 Å². The molecular weight excluding hydrogens is 547 g/mol. The number of carbonyl (C=O) groups is 2. The summed E-state index contributed by atoms with van der Waals surface area (Å²) in [7, 11) is 0. The molecule has 0 spiro atoms. The lowest BCUT2D eigenvalue weighted by Crippen LogP contribution is -2.38. The summed E-state index contributed by atoms with van der Waals surface area (Å²) in [5.41, 5.74) is 4.30. The predicted molar refractivity (Wildman–Crippen MR) is 158 cm³/mol. The minimum absolute atomic E-state index is 0.0561. The number of carbonyl (C=O) groups excluding carboxylic acids is 2. The monoisotopic (exact) mass is 576 g/mol. The molecule has 0 unspecified atom stereocenters. The molecule has 5 rings (SSSR count). The number of hydrogen-bond donors (Lipinski definition) is 0. The molecule has 0 fully saturated rings. The van der Waals surface area contributed by atoms with E-state index >= 15 is 0 Å². The maximum Gasteiger partial charge on any atom is 0.259 e. The largest absolute Gasteiger partial charge is 0.363 e. The molecule has 0 bridgehead atoms. The van der Waals surface area contributed by atoms with Gasteiger partial charge in [-0.25, -0.2) is 0 Å². The smallest absolute Gasteiger partial charge is 0.259 e. The second-order valence-corrected chi connectivity index (χ2v) is 10.7. The number of anilines is 1. The minimum atomic E-state index is -0.217. The summed E-state index contributed by atoms with van der Waals surface area (Å²) >= 11 is 12.5. The number of halogens is 2. The minimum Gasteiger partial charge on any atom is -0.363 e. The predicted octanol–water partition coefficient (Wildman–Crippen LogP) is 6.55. The highest BCUT2D eigenvalue weighted by Gasteiger charge is 2.27. The van der Waals surface area contributed by atoms with Gasteiger partial charge in [-0.2, -0.15) is 0 Å². The van der Waals surface area contributed by atoms with Crippen molar-refractivity contribution in [1.82, 2.24) is 15.0 Å². The molecule has 7 nitrogen and oxygen atoms in total. The van der Waals surface area contributed by atoms with Gasteiger partial charge in [0.25, 0.3) is 5.91 Å². The van der Waals surface area contributed by atoms with E-state index in [2.05, 4.69) is 22.2 Å². The van der Waals surface area contributed by atoms with E-state index in [4.69, 9.17) is 27.7 Å². The van der Waals surface area contributed by atoms with Gasteiger partial charge in [0.15, 0.2) is 0 Å². The Labute approximate surface area is 243 Å². The second kappa shape index (κ2) is 12.7. The van der Waals surface area contributed by atoms with Gasteiger partial charge >= 0.3 is 0 Å². The van der Waals surface area contributed by atoms with E-state index in [1.165, 1.54) is 11.8 Å². The molecule has 0 aliphatic carbocycles. The SMILES string of the molecule is CC(=O)N1CCCN(Cc2ccccc2)CCN(C(=O)c2conc2-c2ccc(Cl)cc2)Cc2cc(Cl)ccc21. The summed E-state index contributed by atoms with van der Waals surface area (Å²) in [6.45, 7) is 5.02. The molecule has 40 heavy (non-hydrogen) atoms. The first-order valence-electron chi connectivity index (χ1n) is 13.2. The fraction of sp³-hybridized carbons (Fsp3) is 0.258. The Hall–Kier alpha value is -3.65. The highest BCUT2D eigenvalue weighted by atomic mass is 35.5. The van der Waals surface area contributed by atoms with E-state index in [-0.39, 0.29) is 18.4 Å². The van der Waals surface area contributed by atoms with Gasteiger partial charge in [0.05, 0.1) is 0 Å². The summed E-state index contributed by atoms with van der Waals surface area (Å²) < 4.78 is 5.29. The Balaban J connectivity index is 1.51. The van der Waals surface area contributed by atoms with Crippen LogP contribution in [0.3, 0.4) is 0 Å². The zero-order chi connectivity index (χ0) is 28.1. The summed E-state index contributed by atoms with van der Waals surface area (Å²) in [5.74, 6) is -0.273. The molecule has 9 heteroatoms. The standard InChI is InChI=1S/C31H30Cl2N4O3/c1-22(38)37-15-5-14-35(19-23-6-3-2-4-7-23)16-17-36(20-25-18-27(33)12-13-29(25)37)31(39)28-21-40-34-30(28)24-8-10-26(32)11-9-24/h2-4,6-13,18,21H,5,14-17,19-20H2,1H3. The number of hydrogen-bond acceptors (Lipinski definition) is 5. The summed E-state index contributed by atoms with van der Waals surface area (Å²) in [5, 5.41) is 5.27. The molecule has 0 radical (unpaired) electrons. The van der Waals surface area contributed by atoms with Crippen LogP contribution in [-0.4, -0.2) is 52.9 Å². The van der Waals surface area contributed by atoms with Gasteiger partial charge < -0.3 is 14.3 Å². The van der Waals surface area contributed by atoms with Crippen molar-refractivity contribution in [3.05, 3.63) is 106 Å². The van der Waals surface area contributed by atoms with Crippen LogP contribution in [0.2, 0.25) is 10.0 Å². The Morgan fingerprint density at radius 1 is 0.900 bits per heavy atom. The van der Waals surface area contributed by atoms with Crippen molar-refractivity contribution in [3.63, 3.8) is 0 Å². The highest BCUT2D eigenvalue weighted by Crippen LogP contribution is 2.29. The molecule has 1 aliphatic heterocycles. The third-order valence-electron chi connectivity index (χ3n) is 7.07. The van der Waals surface area contributed by atoms with Crippen LogP contribution >= 0.6 is 23.2 Å². The summed E-state index contributed by atoms with van der Waals surface area (Å²) in [6, 6.07) is 22.9. The van der Waals surface area contributed by atoms with Crippen LogP contribution in [0, 0.1) is 0 Å². The highest BCUT2D eigenvalue weighted by molar-refractivity contribution is 6.31. The quantitative estimate of drug-likeness (QED) is 0.275. The fourth-order valence-electron chi connectivity index (χ4n) is 5.05. The maximum atomic E-state index is 14.1. The lowest BCUT2D eigenvalue weighted by Gasteiger charge is -2.28. The van der Waals surface area contributed by atoms with Crippen LogP contribution in [-0.2, 0) is 17.9 Å². The number of nitrogens with zero attached hydrogens (tertiary/aromatic N) is 4. The first-order valence-corrected chi connectivity index (χ1v) is 14.0. The fourth-order valence-corrected chi connectivity index (χ4v) is 5.37. The normalized spacial score (nSPS) is 14.9. The number of benzene rings is 3. The zero-order valence-electron chi connectivity index (χ0n) is 22.2. The average Bonchev–Trinajstić information content (AvgIpc) is 3.43. The maximum absolute atomic E-state index is 14.1. The molecule has 0 saturated carbocycles. The molecule has 1 aromatic heterocycles. The van der Waals surface area contributed by atoms with Crippen molar-refractivity contribution in [3.8, 4) is 11.3 Å². The number of amides is 2. The summed E-state index contributed by atoms with van der Waals surface area (Å²) in [6.07, 6.45) is 2.18. The van der Waals surface area contributed by atoms with Gasteiger partial charge in [-0.1, -0.05) is 70.8 Å². The number of aromatic nitrogens is 1. The van der Waals surface area contributed by atoms with E-state index in [9.17, 15) is 9.59 Å². The Kier molecular flexibility index (Phi) is 8.85. The molecule has 2 amide bonds. The van der Waals surface area contributed by atoms with Crippen molar-refractivity contribution in [2.24, 2.45) is 0 Å². The molecular formula is C31H30Cl2N4O3. The Bertz CT molecular complexity index is 1470. The van der Waals surface area contributed by atoms with Gasteiger partial charge in [-0.05, 0) is 47.9 Å². The lowest BCUT2D eigenvalue weighted by molar-refractivity contribution is -0.116. The number of rotatable bonds is 4. The first kappa shape index (κ1) is 27.9. The van der Waals surface area contributed by atoms with Crippen LogP contribution in [0.4, 0.5) is 5.69 Å². The molecule has 0 atom stereocenters. The van der Waals surface area contributed by atoms with E-state index < -0.39 is 0 Å². The van der Waals surface area contributed by atoms with E-state index in [0.29, 0.717) is 40.9 Å². The van der Waals surface area contributed by atoms with Gasteiger partial charge in [0, 0.05) is 67.5 Å². The van der Waals surface area contributed by atoms with Crippen molar-refractivity contribution in [2.45, 2.75) is 26.4 Å². The zero-order valence-corrected chi connectivity index (χ0v) is 23.7. The first-order chi connectivity index (χ1) is 19.4. The van der Waals surface area contributed by atoms with Crippen LogP contribution < -0.4 is 4.90 Å². The van der Waals surface area contributed by atoms with Gasteiger partial charge in [0.2, 0.25) is 5.91 Å². The van der Waals surface area contributed by atoms with E-state index in [1.807, 2.05) is 42.5 Å². The van der Waals surface area contributed by atoms with Gasteiger partial charge in [-0.3, -0.25) is 14.5 Å². The van der Waals surface area contributed by atoms with Crippen molar-refractivity contribution >= 4 is 40.7 Å². The molecule has 1 aliphatic rings. The Morgan fingerprint density at radius 3 is 2.40 bits per heavy atom. The van der Waals surface area contributed by atoms with Crippen LogP contribution in [0.15, 0.2) is 83.6 Å². The second-order valence-electron chi connectivity index (χ2n) is 9.87. The molecule has 3 aromatic carbocycles. The van der Waals surface area contributed by atoms with Crippen molar-refractivity contribution < 1.29 is 14.1 Å². The lowest BCUT2D eigenvalue weighted by atomic mass is 10.1. The molecule has 2 heterocycles. The molecule has 4 aromatic rings. The van der Waals surface area contributed by atoms with Crippen molar-refractivity contribution in [1.29, 1.82) is 0 Å². The summed E-state index contributed by atoms with van der Waals surface area (Å²) in [4.78, 5) is 32.8.